The summed E-state index contributed by atoms with van der Waals surface area (Å²) in [7, 11) is -3.78. The van der Waals surface area contributed by atoms with Crippen molar-refractivity contribution in [3.05, 3.63) is 29.8 Å². The fourth-order valence-electron chi connectivity index (χ4n) is 1.18. The highest BCUT2D eigenvalue weighted by molar-refractivity contribution is 7.89. The monoisotopic (exact) mass is 286 g/mol. The second-order valence-electron chi connectivity index (χ2n) is 4.17. The van der Waals surface area contributed by atoms with Crippen LogP contribution in [-0.4, -0.2) is 20.6 Å². The van der Waals surface area contributed by atoms with Gasteiger partial charge in [-0.1, -0.05) is 24.6 Å². The fraction of sp³-hybridized carbons (Fsp3) is 0.417. The van der Waals surface area contributed by atoms with Gasteiger partial charge in [0.05, 0.1) is 4.90 Å². The molecule has 0 bridgehead atoms. The average Bonchev–Trinajstić information content (AvgIpc) is 2.37. The molecule has 1 unspecified atom stereocenters. The Labute approximate surface area is 113 Å². The number of amides is 1. The Morgan fingerprint density at radius 1 is 1.32 bits per heavy atom. The summed E-state index contributed by atoms with van der Waals surface area (Å²) in [6.07, 6.45) is -0.452. The number of hydrogen-bond acceptors (Lipinski definition) is 4. The molecule has 106 valence electrons. The Kier molecular flexibility index (Phi) is 5.31. The van der Waals surface area contributed by atoms with Gasteiger partial charge >= 0.3 is 6.09 Å². The fourth-order valence-corrected chi connectivity index (χ4v) is 2.01. The lowest BCUT2D eigenvalue weighted by atomic mass is 10.2. The van der Waals surface area contributed by atoms with Crippen LogP contribution in [0.3, 0.4) is 0 Å². The van der Waals surface area contributed by atoms with Crippen molar-refractivity contribution < 1.29 is 17.9 Å². The third kappa shape index (κ3) is 4.88. The number of carbonyl (C=O) groups excluding carboxylic acids is 1. The molecule has 7 heteroatoms. The van der Waals surface area contributed by atoms with E-state index in [1.165, 1.54) is 12.1 Å². The molecule has 1 amide bonds. The maximum Gasteiger partial charge on any atom is 0.422 e. The third-order valence-corrected chi connectivity index (χ3v) is 3.77. The number of rotatable bonds is 5. The van der Waals surface area contributed by atoms with Gasteiger partial charge in [-0.25, -0.2) is 18.6 Å². The number of aryl methyl sites for hydroxylation is 1. The van der Waals surface area contributed by atoms with Gasteiger partial charge in [-0.2, -0.15) is 0 Å². The van der Waals surface area contributed by atoms with Gasteiger partial charge in [-0.05, 0) is 32.4 Å². The Hall–Kier alpha value is -1.60. The van der Waals surface area contributed by atoms with Crippen LogP contribution in [0.4, 0.5) is 4.79 Å². The van der Waals surface area contributed by atoms with Crippen molar-refractivity contribution in [1.82, 2.24) is 10.3 Å². The van der Waals surface area contributed by atoms with E-state index in [9.17, 15) is 13.2 Å². The first kappa shape index (κ1) is 15.5. The van der Waals surface area contributed by atoms with Crippen LogP contribution in [0.2, 0.25) is 0 Å². The second kappa shape index (κ2) is 6.53. The highest BCUT2D eigenvalue weighted by atomic mass is 32.2. The normalized spacial score (nSPS) is 12.8. The van der Waals surface area contributed by atoms with Crippen molar-refractivity contribution in [2.75, 3.05) is 0 Å². The molecule has 19 heavy (non-hydrogen) atoms. The van der Waals surface area contributed by atoms with E-state index in [1.807, 2.05) is 24.1 Å². The number of ether oxygens (including phenoxy) is 1. The summed E-state index contributed by atoms with van der Waals surface area (Å²) in [6.45, 7) is 5.42. The van der Waals surface area contributed by atoms with Gasteiger partial charge in [0.15, 0.2) is 0 Å². The van der Waals surface area contributed by atoms with Crippen molar-refractivity contribution in [3.63, 3.8) is 0 Å². The summed E-state index contributed by atoms with van der Waals surface area (Å²) in [5, 5.41) is 0. The summed E-state index contributed by atoms with van der Waals surface area (Å²) in [4.78, 5) is 13.3. The van der Waals surface area contributed by atoms with Crippen LogP contribution < -0.4 is 10.3 Å². The predicted molar refractivity (Wildman–Crippen MR) is 70.9 cm³/mol. The zero-order chi connectivity index (χ0) is 14.5. The van der Waals surface area contributed by atoms with E-state index in [1.54, 1.807) is 19.1 Å². The lowest BCUT2D eigenvalue weighted by molar-refractivity contribution is 0.103. The van der Waals surface area contributed by atoms with E-state index in [2.05, 4.69) is 0 Å². The van der Waals surface area contributed by atoms with Crippen LogP contribution >= 0.6 is 0 Å². The molecule has 0 aliphatic rings. The van der Waals surface area contributed by atoms with E-state index in [0.29, 0.717) is 6.42 Å². The quantitative estimate of drug-likeness (QED) is 0.807. The number of carbonyl (C=O) groups is 1. The van der Waals surface area contributed by atoms with Crippen LogP contribution in [0.25, 0.3) is 0 Å². The first-order valence-electron chi connectivity index (χ1n) is 5.90. The van der Waals surface area contributed by atoms with Crippen molar-refractivity contribution in [1.29, 1.82) is 0 Å². The van der Waals surface area contributed by atoms with Gasteiger partial charge in [-0.15, -0.1) is 4.83 Å². The number of benzene rings is 1. The summed E-state index contributed by atoms with van der Waals surface area (Å²) in [6, 6.07) is 6.26. The highest BCUT2D eigenvalue weighted by Gasteiger charge is 2.15. The molecule has 2 N–H and O–H groups in total. The van der Waals surface area contributed by atoms with E-state index >= 15 is 0 Å². The van der Waals surface area contributed by atoms with Crippen LogP contribution in [0, 0.1) is 6.92 Å². The molecule has 0 saturated carbocycles. The van der Waals surface area contributed by atoms with Crippen LogP contribution in [0.5, 0.6) is 0 Å². The summed E-state index contributed by atoms with van der Waals surface area (Å²) in [5.74, 6) is 0. The van der Waals surface area contributed by atoms with Crippen LogP contribution in [0.15, 0.2) is 29.2 Å². The molecule has 0 fully saturated rings. The molecule has 0 heterocycles. The van der Waals surface area contributed by atoms with E-state index in [-0.39, 0.29) is 11.0 Å². The number of hydrogen-bond donors (Lipinski definition) is 2. The standard InChI is InChI=1S/C12H18N2O4S/c1-4-10(3)18-12(15)13-14-19(16,17)11-7-5-9(2)6-8-11/h5-8,10,14H,4H2,1-3H3,(H,13,15). The molecule has 1 aromatic rings. The molecule has 0 aliphatic carbocycles. The summed E-state index contributed by atoms with van der Waals surface area (Å²) >= 11 is 0. The van der Waals surface area contributed by atoms with E-state index < -0.39 is 16.1 Å². The molecule has 1 aromatic carbocycles. The topological polar surface area (TPSA) is 84.5 Å². The lowest BCUT2D eigenvalue weighted by Gasteiger charge is -2.12. The molecule has 1 rings (SSSR count). The molecule has 1 atom stereocenters. The SMILES string of the molecule is CCC(C)OC(=O)NNS(=O)(=O)c1ccc(C)cc1. The van der Waals surface area contributed by atoms with Gasteiger partial charge < -0.3 is 4.74 Å². The summed E-state index contributed by atoms with van der Waals surface area (Å²) in [5.41, 5.74) is 2.95. The van der Waals surface area contributed by atoms with Crippen molar-refractivity contribution >= 4 is 16.1 Å². The zero-order valence-electron chi connectivity index (χ0n) is 11.1. The molecule has 0 aromatic heterocycles. The van der Waals surface area contributed by atoms with Crippen LogP contribution in [-0.2, 0) is 14.8 Å². The minimum atomic E-state index is -3.78. The second-order valence-corrected chi connectivity index (χ2v) is 5.85. The van der Waals surface area contributed by atoms with Gasteiger partial charge in [0.1, 0.15) is 6.10 Å². The molecular weight excluding hydrogens is 268 g/mol. The van der Waals surface area contributed by atoms with E-state index in [4.69, 9.17) is 4.74 Å². The minimum absolute atomic E-state index is 0.0712. The van der Waals surface area contributed by atoms with Crippen molar-refractivity contribution in [2.45, 2.75) is 38.2 Å². The number of sulfonamides is 1. The van der Waals surface area contributed by atoms with Gasteiger partial charge in [0.25, 0.3) is 10.0 Å². The number of nitrogens with one attached hydrogen (secondary N) is 2. The zero-order valence-corrected chi connectivity index (χ0v) is 12.0. The lowest BCUT2D eigenvalue weighted by Crippen LogP contribution is -2.42. The van der Waals surface area contributed by atoms with Gasteiger partial charge in [0.2, 0.25) is 0 Å². The Morgan fingerprint density at radius 2 is 1.89 bits per heavy atom. The highest BCUT2D eigenvalue weighted by Crippen LogP contribution is 2.09. The van der Waals surface area contributed by atoms with Gasteiger partial charge in [-0.3, -0.25) is 0 Å². The maximum absolute atomic E-state index is 11.8. The Balaban J connectivity index is 2.61. The molecule has 0 aliphatic heterocycles. The predicted octanol–water partition coefficient (Wildman–Crippen LogP) is 1.71. The van der Waals surface area contributed by atoms with Gasteiger partial charge in [0, 0.05) is 0 Å². The maximum atomic E-state index is 11.8. The third-order valence-electron chi connectivity index (χ3n) is 2.50. The molecule has 0 radical (unpaired) electrons. The van der Waals surface area contributed by atoms with Crippen LogP contribution in [0.1, 0.15) is 25.8 Å². The van der Waals surface area contributed by atoms with Crippen molar-refractivity contribution in [2.24, 2.45) is 0 Å². The van der Waals surface area contributed by atoms with E-state index in [0.717, 1.165) is 5.56 Å². The Bertz CT molecular complexity index is 525. The molecule has 0 spiro atoms. The van der Waals surface area contributed by atoms with Crippen molar-refractivity contribution in [3.8, 4) is 0 Å². The molecule has 0 saturated heterocycles. The minimum Gasteiger partial charge on any atom is -0.446 e. The number of hydrazine groups is 1. The molecule has 6 nitrogen and oxygen atoms in total. The first-order chi connectivity index (χ1) is 8.85. The largest absolute Gasteiger partial charge is 0.446 e. The Morgan fingerprint density at radius 3 is 2.42 bits per heavy atom. The molecular formula is C12H18N2O4S. The smallest absolute Gasteiger partial charge is 0.422 e. The summed E-state index contributed by atoms with van der Waals surface area (Å²) < 4.78 is 28.5. The first-order valence-corrected chi connectivity index (χ1v) is 7.38. The average molecular weight is 286 g/mol.